The van der Waals surface area contributed by atoms with Crippen LogP contribution in [0.25, 0.3) is 10.6 Å². The van der Waals surface area contributed by atoms with Gasteiger partial charge in [0.05, 0.1) is 22.2 Å². The number of carbonyl (C=O) groups excluding carboxylic acids is 1. The molecule has 1 amide bonds. The Bertz CT molecular complexity index is 875. The van der Waals surface area contributed by atoms with Crippen LogP contribution in [0, 0.1) is 6.92 Å². The van der Waals surface area contributed by atoms with Gasteiger partial charge in [0.15, 0.2) is 0 Å². The van der Waals surface area contributed by atoms with Gasteiger partial charge in [-0.15, -0.1) is 11.3 Å². The Balaban J connectivity index is 1.73. The largest absolute Gasteiger partial charge is 0.310 e. The minimum absolute atomic E-state index is 0.161. The molecule has 0 saturated heterocycles. The summed E-state index contributed by atoms with van der Waals surface area (Å²) < 4.78 is 0. The number of pyridine rings is 1. The molecule has 0 spiro atoms. The van der Waals surface area contributed by atoms with Crippen molar-refractivity contribution in [1.29, 1.82) is 0 Å². The van der Waals surface area contributed by atoms with E-state index in [1.807, 2.05) is 24.4 Å². The molecule has 3 rings (SSSR count). The molecule has 7 heteroatoms. The average Bonchev–Trinajstić information content (AvgIpc) is 2.95. The number of carbonyl (C=O) groups is 1. The van der Waals surface area contributed by atoms with Gasteiger partial charge in [0.25, 0.3) is 0 Å². The number of anilines is 1. The Morgan fingerprint density at radius 3 is 2.71 bits per heavy atom. The van der Waals surface area contributed by atoms with Gasteiger partial charge in [-0.3, -0.25) is 4.79 Å². The summed E-state index contributed by atoms with van der Waals surface area (Å²) in [6, 6.07) is 8.99. The van der Waals surface area contributed by atoms with Crippen LogP contribution >= 0.6 is 34.5 Å². The molecule has 0 aliphatic heterocycles. The third kappa shape index (κ3) is 3.93. The van der Waals surface area contributed by atoms with Gasteiger partial charge in [-0.25, -0.2) is 9.97 Å². The van der Waals surface area contributed by atoms with Crippen LogP contribution in [0.2, 0.25) is 10.0 Å². The van der Waals surface area contributed by atoms with Crippen LogP contribution in [0.5, 0.6) is 0 Å². The molecule has 2 heterocycles. The van der Waals surface area contributed by atoms with Crippen LogP contribution in [-0.4, -0.2) is 15.9 Å². The summed E-state index contributed by atoms with van der Waals surface area (Å²) in [7, 11) is 0. The van der Waals surface area contributed by atoms with Gasteiger partial charge in [-0.1, -0.05) is 29.3 Å². The van der Waals surface area contributed by atoms with Gasteiger partial charge in [-0.2, -0.15) is 0 Å². The number of hydrogen-bond acceptors (Lipinski definition) is 4. The smallest absolute Gasteiger partial charge is 0.231 e. The lowest BCUT2D eigenvalue weighted by Crippen LogP contribution is -2.15. The second-order valence-electron chi connectivity index (χ2n) is 5.18. The van der Waals surface area contributed by atoms with E-state index in [1.54, 1.807) is 24.4 Å². The Hall–Kier alpha value is -1.95. The number of rotatable bonds is 4. The van der Waals surface area contributed by atoms with E-state index in [2.05, 4.69) is 15.3 Å². The highest BCUT2D eigenvalue weighted by Gasteiger charge is 2.14. The van der Waals surface area contributed by atoms with Crippen LogP contribution in [0.15, 0.2) is 41.9 Å². The average molecular weight is 378 g/mol. The highest BCUT2D eigenvalue weighted by atomic mass is 35.5. The molecule has 0 saturated carbocycles. The summed E-state index contributed by atoms with van der Waals surface area (Å²) in [6.45, 7) is 1.94. The molecule has 0 atom stereocenters. The van der Waals surface area contributed by atoms with E-state index in [1.165, 1.54) is 11.3 Å². The SMILES string of the molecule is Cc1ccnc(NC(=O)Cc2csc(-c3c(Cl)cccc3Cl)n2)c1. The van der Waals surface area contributed by atoms with Gasteiger partial charge >= 0.3 is 0 Å². The highest BCUT2D eigenvalue weighted by molar-refractivity contribution is 7.13. The molecular formula is C17H13Cl2N3OS. The second kappa shape index (κ2) is 7.30. The predicted octanol–water partition coefficient (Wildman–Crippen LogP) is 5.00. The second-order valence-corrected chi connectivity index (χ2v) is 6.86. The number of benzene rings is 1. The first-order valence-electron chi connectivity index (χ1n) is 7.14. The summed E-state index contributed by atoms with van der Waals surface area (Å²) in [5.74, 6) is 0.361. The maximum atomic E-state index is 12.1. The van der Waals surface area contributed by atoms with Gasteiger partial charge < -0.3 is 5.32 Å². The maximum Gasteiger partial charge on any atom is 0.231 e. The fourth-order valence-electron chi connectivity index (χ4n) is 2.16. The van der Waals surface area contributed by atoms with Crippen molar-refractivity contribution < 1.29 is 4.79 Å². The summed E-state index contributed by atoms with van der Waals surface area (Å²) in [6.07, 6.45) is 1.82. The summed E-state index contributed by atoms with van der Waals surface area (Å²) >= 11 is 13.8. The number of thiazole rings is 1. The molecule has 4 nitrogen and oxygen atoms in total. The zero-order valence-electron chi connectivity index (χ0n) is 12.7. The number of amides is 1. The molecule has 1 aromatic carbocycles. The van der Waals surface area contributed by atoms with Crippen LogP contribution in [0.4, 0.5) is 5.82 Å². The van der Waals surface area contributed by atoms with E-state index in [0.717, 1.165) is 5.56 Å². The Morgan fingerprint density at radius 2 is 2.00 bits per heavy atom. The molecule has 24 heavy (non-hydrogen) atoms. The number of nitrogens with zero attached hydrogens (tertiary/aromatic N) is 2. The fraction of sp³-hybridized carbons (Fsp3) is 0.118. The van der Waals surface area contributed by atoms with Crippen molar-refractivity contribution in [1.82, 2.24) is 9.97 Å². The van der Waals surface area contributed by atoms with Crippen molar-refractivity contribution in [3.8, 4) is 10.6 Å². The summed E-state index contributed by atoms with van der Waals surface area (Å²) in [4.78, 5) is 20.7. The van der Waals surface area contributed by atoms with E-state index >= 15 is 0 Å². The molecule has 0 fully saturated rings. The quantitative estimate of drug-likeness (QED) is 0.695. The van der Waals surface area contributed by atoms with Crippen molar-refractivity contribution in [2.45, 2.75) is 13.3 Å². The first-order valence-corrected chi connectivity index (χ1v) is 8.78. The predicted molar refractivity (Wildman–Crippen MR) is 98.9 cm³/mol. The standard InChI is InChI=1S/C17H13Cl2N3OS/c1-10-5-6-20-14(7-10)22-15(23)8-11-9-24-17(21-11)16-12(18)3-2-4-13(16)19/h2-7,9H,8H2,1H3,(H,20,22,23). The van der Waals surface area contributed by atoms with E-state index in [9.17, 15) is 4.79 Å². The summed E-state index contributed by atoms with van der Waals surface area (Å²) in [5, 5.41) is 6.37. The Kier molecular flexibility index (Phi) is 5.14. The highest BCUT2D eigenvalue weighted by Crippen LogP contribution is 2.36. The monoisotopic (exact) mass is 377 g/mol. The molecule has 3 aromatic rings. The molecule has 122 valence electrons. The number of nitrogens with one attached hydrogen (secondary N) is 1. The molecule has 2 aromatic heterocycles. The molecule has 0 aliphatic rings. The number of hydrogen-bond donors (Lipinski definition) is 1. The van der Waals surface area contributed by atoms with E-state index in [-0.39, 0.29) is 12.3 Å². The lowest BCUT2D eigenvalue weighted by Gasteiger charge is -2.04. The summed E-state index contributed by atoms with van der Waals surface area (Å²) in [5.41, 5.74) is 2.39. The number of aryl methyl sites for hydroxylation is 1. The Labute approximate surface area is 153 Å². The lowest BCUT2D eigenvalue weighted by molar-refractivity contribution is -0.115. The zero-order valence-corrected chi connectivity index (χ0v) is 15.0. The fourth-order valence-corrected chi connectivity index (χ4v) is 3.74. The first-order chi connectivity index (χ1) is 11.5. The van der Waals surface area contributed by atoms with Crippen molar-refractivity contribution in [3.63, 3.8) is 0 Å². The third-order valence-electron chi connectivity index (χ3n) is 3.25. The van der Waals surface area contributed by atoms with Gasteiger partial charge in [0.2, 0.25) is 5.91 Å². The number of halogens is 2. The van der Waals surface area contributed by atoms with E-state index < -0.39 is 0 Å². The third-order valence-corrected chi connectivity index (χ3v) is 4.79. The van der Waals surface area contributed by atoms with Crippen molar-refractivity contribution >= 4 is 46.3 Å². The minimum Gasteiger partial charge on any atom is -0.310 e. The van der Waals surface area contributed by atoms with E-state index in [4.69, 9.17) is 23.2 Å². The molecule has 1 N–H and O–H groups in total. The normalized spacial score (nSPS) is 10.6. The van der Waals surface area contributed by atoms with Crippen molar-refractivity contribution in [2.24, 2.45) is 0 Å². The molecule has 0 bridgehead atoms. The minimum atomic E-state index is -0.171. The van der Waals surface area contributed by atoms with Crippen LogP contribution in [0.3, 0.4) is 0 Å². The maximum absolute atomic E-state index is 12.1. The van der Waals surface area contributed by atoms with Gasteiger partial charge in [0.1, 0.15) is 10.8 Å². The van der Waals surface area contributed by atoms with Gasteiger partial charge in [-0.05, 0) is 36.8 Å². The Morgan fingerprint density at radius 1 is 1.25 bits per heavy atom. The lowest BCUT2D eigenvalue weighted by atomic mass is 10.2. The molecule has 0 aliphatic carbocycles. The molecule has 0 unspecified atom stereocenters. The molecule has 0 radical (unpaired) electrons. The zero-order chi connectivity index (χ0) is 17.1. The van der Waals surface area contributed by atoms with Crippen molar-refractivity contribution in [2.75, 3.05) is 5.32 Å². The number of aromatic nitrogens is 2. The van der Waals surface area contributed by atoms with Crippen LogP contribution < -0.4 is 5.32 Å². The van der Waals surface area contributed by atoms with Crippen LogP contribution in [0.1, 0.15) is 11.3 Å². The van der Waals surface area contributed by atoms with Crippen molar-refractivity contribution in [3.05, 3.63) is 63.2 Å². The topological polar surface area (TPSA) is 54.9 Å². The first kappa shape index (κ1) is 16.9. The van der Waals surface area contributed by atoms with E-state index in [0.29, 0.717) is 32.1 Å². The van der Waals surface area contributed by atoms with Gasteiger partial charge in [0, 0.05) is 17.1 Å². The van der Waals surface area contributed by atoms with Crippen LogP contribution in [-0.2, 0) is 11.2 Å². The molecular weight excluding hydrogens is 365 g/mol.